The fourth-order valence-corrected chi connectivity index (χ4v) is 3.87. The highest BCUT2D eigenvalue weighted by Gasteiger charge is 2.14. The molecule has 0 bridgehead atoms. The van der Waals surface area contributed by atoms with Gasteiger partial charge in [0.05, 0.1) is 7.11 Å². The van der Waals surface area contributed by atoms with Gasteiger partial charge in [0.2, 0.25) is 0 Å². The van der Waals surface area contributed by atoms with Crippen LogP contribution in [-0.4, -0.2) is 18.0 Å². The lowest BCUT2D eigenvalue weighted by molar-refractivity contribution is 0.0946. The minimum atomic E-state index is -0.316. The summed E-state index contributed by atoms with van der Waals surface area (Å²) in [7, 11) is 1.54. The van der Waals surface area contributed by atoms with Crippen LogP contribution in [0.2, 0.25) is 0 Å². The van der Waals surface area contributed by atoms with Crippen LogP contribution in [0.3, 0.4) is 0 Å². The van der Waals surface area contributed by atoms with Gasteiger partial charge in [0.25, 0.3) is 5.91 Å². The molecule has 32 heavy (non-hydrogen) atoms. The van der Waals surface area contributed by atoms with E-state index in [1.54, 1.807) is 42.8 Å². The zero-order valence-corrected chi connectivity index (χ0v) is 18.2. The lowest BCUT2D eigenvalue weighted by atomic mass is 10.2. The first-order valence-corrected chi connectivity index (χ1v) is 10.8. The Morgan fingerprint density at radius 1 is 1.03 bits per heavy atom. The van der Waals surface area contributed by atoms with E-state index in [1.165, 1.54) is 17.4 Å². The third-order valence-corrected chi connectivity index (χ3v) is 5.68. The Morgan fingerprint density at radius 2 is 1.81 bits per heavy atom. The van der Waals surface area contributed by atoms with Crippen LogP contribution in [0.4, 0.5) is 4.39 Å². The Hall–Kier alpha value is -3.71. The lowest BCUT2D eigenvalue weighted by Crippen LogP contribution is -2.23. The van der Waals surface area contributed by atoms with Crippen molar-refractivity contribution < 1.29 is 18.7 Å². The Labute approximate surface area is 189 Å². The van der Waals surface area contributed by atoms with Crippen molar-refractivity contribution in [3.63, 3.8) is 0 Å². The number of methoxy groups -OCH3 is 1. The highest BCUT2D eigenvalue weighted by atomic mass is 32.1. The van der Waals surface area contributed by atoms with Crippen molar-refractivity contribution in [2.24, 2.45) is 0 Å². The molecule has 1 N–H and O–H groups in total. The van der Waals surface area contributed by atoms with Gasteiger partial charge in [-0.1, -0.05) is 48.5 Å². The summed E-state index contributed by atoms with van der Waals surface area (Å²) in [5.41, 5.74) is 2.64. The number of aromatic nitrogens is 1. The molecule has 1 amide bonds. The van der Waals surface area contributed by atoms with Gasteiger partial charge in [-0.15, -0.1) is 11.3 Å². The largest absolute Gasteiger partial charge is 0.493 e. The maximum Gasteiger partial charge on any atom is 0.271 e. The van der Waals surface area contributed by atoms with E-state index in [2.05, 4.69) is 10.3 Å². The lowest BCUT2D eigenvalue weighted by Gasteiger charge is -2.12. The molecule has 1 heterocycles. The molecule has 0 saturated carbocycles. The van der Waals surface area contributed by atoms with Crippen molar-refractivity contribution in [3.8, 4) is 22.1 Å². The molecule has 0 fully saturated rings. The van der Waals surface area contributed by atoms with Gasteiger partial charge in [0.15, 0.2) is 11.5 Å². The first-order chi connectivity index (χ1) is 15.6. The first kappa shape index (κ1) is 21.5. The second kappa shape index (κ2) is 10.1. The van der Waals surface area contributed by atoms with Crippen LogP contribution < -0.4 is 14.8 Å². The van der Waals surface area contributed by atoms with Crippen LogP contribution in [-0.2, 0) is 13.2 Å². The van der Waals surface area contributed by atoms with Crippen molar-refractivity contribution in [2.45, 2.75) is 13.2 Å². The number of hydrogen-bond acceptors (Lipinski definition) is 5. The van der Waals surface area contributed by atoms with Gasteiger partial charge in [-0.3, -0.25) is 4.79 Å². The van der Waals surface area contributed by atoms with Crippen LogP contribution in [0.25, 0.3) is 10.6 Å². The molecule has 4 aromatic rings. The minimum absolute atomic E-state index is 0.0887. The third kappa shape index (κ3) is 5.12. The summed E-state index contributed by atoms with van der Waals surface area (Å²) in [6.07, 6.45) is 0. The van der Waals surface area contributed by atoms with Crippen molar-refractivity contribution >= 4 is 17.2 Å². The standard InChI is InChI=1S/C25H21FN2O3S/c1-30-23-13-18(11-12-22(23)31-15-19-9-5-6-10-20(19)26)25-28-21(16-32-25)24(29)27-14-17-7-3-2-4-8-17/h2-13,16H,14-15H2,1H3,(H,27,29). The summed E-state index contributed by atoms with van der Waals surface area (Å²) in [6, 6.07) is 21.6. The van der Waals surface area contributed by atoms with E-state index >= 15 is 0 Å². The van der Waals surface area contributed by atoms with Crippen molar-refractivity contribution in [2.75, 3.05) is 7.11 Å². The number of thiazole rings is 1. The van der Waals surface area contributed by atoms with E-state index in [0.717, 1.165) is 11.1 Å². The maximum absolute atomic E-state index is 13.8. The molecule has 0 spiro atoms. The summed E-state index contributed by atoms with van der Waals surface area (Å²) in [5, 5.41) is 5.29. The number of nitrogens with zero attached hydrogens (tertiary/aromatic N) is 1. The van der Waals surface area contributed by atoms with Crippen LogP contribution in [0.5, 0.6) is 11.5 Å². The Bertz CT molecular complexity index is 1210. The molecule has 0 aliphatic carbocycles. The molecule has 7 heteroatoms. The monoisotopic (exact) mass is 448 g/mol. The van der Waals surface area contributed by atoms with Gasteiger partial charge in [0.1, 0.15) is 23.1 Å². The molecule has 0 saturated heterocycles. The van der Waals surface area contributed by atoms with Gasteiger partial charge in [-0.05, 0) is 29.8 Å². The average Bonchev–Trinajstić information content (AvgIpc) is 3.33. The number of amides is 1. The number of nitrogens with one attached hydrogen (secondary N) is 1. The molecule has 0 atom stereocenters. The fourth-order valence-electron chi connectivity index (χ4n) is 3.07. The summed E-state index contributed by atoms with van der Waals surface area (Å²) >= 11 is 1.37. The Kier molecular flexibility index (Phi) is 6.77. The molecular formula is C25H21FN2O3S. The third-order valence-electron chi connectivity index (χ3n) is 4.78. The SMILES string of the molecule is COc1cc(-c2nc(C(=O)NCc3ccccc3)cs2)ccc1OCc1ccccc1F. The molecule has 5 nitrogen and oxygen atoms in total. The molecule has 0 radical (unpaired) electrons. The number of carbonyl (C=O) groups is 1. The zero-order valence-electron chi connectivity index (χ0n) is 17.4. The normalized spacial score (nSPS) is 10.6. The second-order valence-corrected chi connectivity index (χ2v) is 7.81. The highest BCUT2D eigenvalue weighted by Crippen LogP contribution is 2.34. The quantitative estimate of drug-likeness (QED) is 0.389. The van der Waals surface area contributed by atoms with Crippen molar-refractivity contribution in [3.05, 3.63) is 101 Å². The molecule has 162 valence electrons. The van der Waals surface area contributed by atoms with Gasteiger partial charge < -0.3 is 14.8 Å². The van der Waals surface area contributed by atoms with Gasteiger partial charge in [0, 0.05) is 23.1 Å². The zero-order chi connectivity index (χ0) is 22.3. The second-order valence-electron chi connectivity index (χ2n) is 6.95. The molecule has 3 aromatic carbocycles. The maximum atomic E-state index is 13.8. The Balaban J connectivity index is 1.44. The van der Waals surface area contributed by atoms with Crippen LogP contribution >= 0.6 is 11.3 Å². The van der Waals surface area contributed by atoms with Gasteiger partial charge in [-0.25, -0.2) is 9.37 Å². The van der Waals surface area contributed by atoms with E-state index in [0.29, 0.717) is 34.3 Å². The first-order valence-electron chi connectivity index (χ1n) is 9.96. The molecule has 1 aromatic heterocycles. The van der Waals surface area contributed by atoms with Crippen molar-refractivity contribution in [1.82, 2.24) is 10.3 Å². The summed E-state index contributed by atoms with van der Waals surface area (Å²) < 4.78 is 25.0. The number of benzene rings is 3. The molecule has 0 aliphatic heterocycles. The fraction of sp³-hybridized carbons (Fsp3) is 0.120. The molecule has 4 rings (SSSR count). The minimum Gasteiger partial charge on any atom is -0.493 e. The van der Waals surface area contributed by atoms with E-state index in [9.17, 15) is 9.18 Å². The predicted octanol–water partition coefficient (Wildman–Crippen LogP) is 5.47. The summed E-state index contributed by atoms with van der Waals surface area (Å²) in [5.74, 6) is 0.457. The van der Waals surface area contributed by atoms with Gasteiger partial charge >= 0.3 is 0 Å². The highest BCUT2D eigenvalue weighted by molar-refractivity contribution is 7.13. The number of ether oxygens (including phenoxy) is 2. The van der Waals surface area contributed by atoms with E-state index in [-0.39, 0.29) is 18.3 Å². The predicted molar refractivity (Wildman–Crippen MR) is 122 cm³/mol. The van der Waals surface area contributed by atoms with Crippen molar-refractivity contribution in [1.29, 1.82) is 0 Å². The van der Waals surface area contributed by atoms with Crippen LogP contribution in [0, 0.1) is 5.82 Å². The number of carbonyl (C=O) groups excluding carboxylic acids is 1. The molecular weight excluding hydrogens is 427 g/mol. The van der Waals surface area contributed by atoms with E-state index < -0.39 is 0 Å². The number of halogens is 1. The van der Waals surface area contributed by atoms with E-state index in [4.69, 9.17) is 9.47 Å². The van der Waals surface area contributed by atoms with Crippen LogP contribution in [0.1, 0.15) is 21.6 Å². The molecule has 0 unspecified atom stereocenters. The topological polar surface area (TPSA) is 60.5 Å². The van der Waals surface area contributed by atoms with E-state index in [1.807, 2.05) is 36.4 Å². The van der Waals surface area contributed by atoms with Gasteiger partial charge in [-0.2, -0.15) is 0 Å². The summed E-state index contributed by atoms with van der Waals surface area (Å²) in [6.45, 7) is 0.528. The summed E-state index contributed by atoms with van der Waals surface area (Å²) in [4.78, 5) is 16.9. The Morgan fingerprint density at radius 3 is 2.59 bits per heavy atom. The average molecular weight is 449 g/mol. The van der Waals surface area contributed by atoms with Crippen LogP contribution in [0.15, 0.2) is 78.2 Å². The molecule has 0 aliphatic rings. The number of hydrogen-bond donors (Lipinski definition) is 1. The number of rotatable bonds is 8. The smallest absolute Gasteiger partial charge is 0.271 e.